The maximum atomic E-state index is 12.0. The van der Waals surface area contributed by atoms with Crippen LogP contribution in [0.3, 0.4) is 0 Å². The van der Waals surface area contributed by atoms with Crippen LogP contribution in [-0.2, 0) is 4.79 Å². The van der Waals surface area contributed by atoms with Crippen LogP contribution in [-0.4, -0.2) is 66.6 Å². The molecule has 146 valence electrons. The first-order chi connectivity index (χ1) is 13.0. The number of nitrogens with one attached hydrogen (secondary N) is 2. The van der Waals surface area contributed by atoms with Gasteiger partial charge in [-0.15, -0.1) is 0 Å². The zero-order valence-electron chi connectivity index (χ0n) is 16.4. The van der Waals surface area contributed by atoms with Gasteiger partial charge < -0.3 is 10.6 Å². The van der Waals surface area contributed by atoms with Gasteiger partial charge in [0.05, 0.1) is 18.2 Å². The number of fused-ring (bicyclic) bond motifs is 2. The standard InChI is InChI=1S/C21H31N5O/c1-16(2)24-21(27)15-25-13-19-8-9-20(14-25)26(19)11-3-10-23-18-6-4-17(12-22)5-7-18/h4-7,16,19-20,23H,3,8-11,13-15H2,1-2H3,(H,24,27). The third-order valence-corrected chi connectivity index (χ3v) is 5.46. The lowest BCUT2D eigenvalue weighted by atomic mass is 10.1. The molecule has 3 rings (SSSR count). The average Bonchev–Trinajstić information content (AvgIpc) is 2.87. The molecule has 2 atom stereocenters. The molecule has 0 saturated carbocycles. The highest BCUT2D eigenvalue weighted by Gasteiger charge is 2.39. The summed E-state index contributed by atoms with van der Waals surface area (Å²) in [6, 6.07) is 11.1. The number of hydrogen-bond acceptors (Lipinski definition) is 5. The number of hydrogen-bond donors (Lipinski definition) is 2. The van der Waals surface area contributed by atoms with Gasteiger partial charge in [-0.05, 0) is 57.4 Å². The fourth-order valence-electron chi connectivity index (χ4n) is 4.30. The number of nitrogens with zero attached hydrogens (tertiary/aromatic N) is 3. The minimum absolute atomic E-state index is 0.143. The molecule has 2 aliphatic heterocycles. The molecule has 6 nitrogen and oxygen atoms in total. The Morgan fingerprint density at radius 3 is 2.48 bits per heavy atom. The third kappa shape index (κ3) is 5.44. The maximum Gasteiger partial charge on any atom is 0.234 e. The second-order valence-electron chi connectivity index (χ2n) is 8.01. The molecular formula is C21H31N5O. The van der Waals surface area contributed by atoms with Crippen molar-refractivity contribution in [1.29, 1.82) is 5.26 Å². The highest BCUT2D eigenvalue weighted by Crippen LogP contribution is 2.30. The second kappa shape index (κ2) is 9.20. The molecule has 2 bridgehead atoms. The molecule has 0 spiro atoms. The molecule has 2 saturated heterocycles. The Bertz CT molecular complexity index is 652. The first kappa shape index (κ1) is 19.7. The van der Waals surface area contributed by atoms with Crippen molar-refractivity contribution in [2.24, 2.45) is 0 Å². The maximum absolute atomic E-state index is 12.0. The van der Waals surface area contributed by atoms with Crippen LogP contribution >= 0.6 is 0 Å². The van der Waals surface area contributed by atoms with Gasteiger partial charge in [0.15, 0.2) is 0 Å². The van der Waals surface area contributed by atoms with Crippen molar-refractivity contribution < 1.29 is 4.79 Å². The SMILES string of the molecule is CC(C)NC(=O)CN1CC2CCC(C1)N2CCCNc1ccc(C#N)cc1. The summed E-state index contributed by atoms with van der Waals surface area (Å²) < 4.78 is 0. The van der Waals surface area contributed by atoms with Crippen LogP contribution in [0.1, 0.15) is 38.7 Å². The summed E-state index contributed by atoms with van der Waals surface area (Å²) in [5, 5.41) is 15.3. The molecule has 6 heteroatoms. The van der Waals surface area contributed by atoms with Crippen molar-refractivity contribution in [2.75, 3.05) is 38.0 Å². The predicted octanol–water partition coefficient (Wildman–Crippen LogP) is 2.03. The van der Waals surface area contributed by atoms with Crippen LogP contribution < -0.4 is 10.6 Å². The van der Waals surface area contributed by atoms with E-state index in [2.05, 4.69) is 26.5 Å². The van der Waals surface area contributed by atoms with E-state index in [4.69, 9.17) is 5.26 Å². The van der Waals surface area contributed by atoms with E-state index in [1.807, 2.05) is 38.1 Å². The fraction of sp³-hybridized carbons (Fsp3) is 0.619. The van der Waals surface area contributed by atoms with E-state index in [0.29, 0.717) is 24.2 Å². The third-order valence-electron chi connectivity index (χ3n) is 5.46. The molecule has 0 radical (unpaired) electrons. The zero-order valence-corrected chi connectivity index (χ0v) is 16.4. The highest BCUT2D eigenvalue weighted by molar-refractivity contribution is 5.78. The number of nitriles is 1. The molecule has 2 N–H and O–H groups in total. The molecule has 1 aromatic rings. The molecule has 1 amide bonds. The molecular weight excluding hydrogens is 338 g/mol. The Morgan fingerprint density at radius 2 is 1.89 bits per heavy atom. The van der Waals surface area contributed by atoms with Gasteiger partial charge in [0.1, 0.15) is 0 Å². The summed E-state index contributed by atoms with van der Waals surface area (Å²) in [5.41, 5.74) is 1.76. The number of carbonyl (C=O) groups excluding carboxylic acids is 1. The van der Waals surface area contributed by atoms with E-state index in [-0.39, 0.29) is 11.9 Å². The van der Waals surface area contributed by atoms with Gasteiger partial charge in [0.2, 0.25) is 5.91 Å². The smallest absolute Gasteiger partial charge is 0.234 e. The van der Waals surface area contributed by atoms with E-state index in [9.17, 15) is 4.79 Å². The van der Waals surface area contributed by atoms with Crippen molar-refractivity contribution in [3.05, 3.63) is 29.8 Å². The van der Waals surface area contributed by atoms with Crippen molar-refractivity contribution in [1.82, 2.24) is 15.1 Å². The second-order valence-corrected chi connectivity index (χ2v) is 8.01. The summed E-state index contributed by atoms with van der Waals surface area (Å²) in [7, 11) is 0. The van der Waals surface area contributed by atoms with Crippen LogP contribution in [0.4, 0.5) is 5.69 Å². The molecule has 2 fully saturated rings. The number of amides is 1. The van der Waals surface area contributed by atoms with E-state index >= 15 is 0 Å². The van der Waals surface area contributed by atoms with Crippen LogP contribution in [0.2, 0.25) is 0 Å². The minimum Gasteiger partial charge on any atom is -0.385 e. The number of rotatable bonds is 8. The van der Waals surface area contributed by atoms with Crippen molar-refractivity contribution in [3.63, 3.8) is 0 Å². The quantitative estimate of drug-likeness (QED) is 0.686. The average molecular weight is 370 g/mol. The van der Waals surface area contributed by atoms with Crippen molar-refractivity contribution in [3.8, 4) is 6.07 Å². The Kier molecular flexibility index (Phi) is 6.70. The lowest BCUT2D eigenvalue weighted by molar-refractivity contribution is -0.123. The number of piperazine rings is 1. The molecule has 1 aromatic carbocycles. The van der Waals surface area contributed by atoms with E-state index in [1.54, 1.807) is 0 Å². The summed E-state index contributed by atoms with van der Waals surface area (Å²) in [6.45, 7) is 8.58. The summed E-state index contributed by atoms with van der Waals surface area (Å²) in [6.07, 6.45) is 3.59. The molecule has 2 heterocycles. The fourth-order valence-corrected chi connectivity index (χ4v) is 4.30. The van der Waals surface area contributed by atoms with Crippen molar-refractivity contribution in [2.45, 2.75) is 51.2 Å². The lowest BCUT2D eigenvalue weighted by Crippen LogP contribution is -2.56. The molecule has 2 aliphatic rings. The monoisotopic (exact) mass is 369 g/mol. The van der Waals surface area contributed by atoms with E-state index in [1.165, 1.54) is 12.8 Å². The van der Waals surface area contributed by atoms with Crippen LogP contribution in [0, 0.1) is 11.3 Å². The molecule has 27 heavy (non-hydrogen) atoms. The molecule has 0 aliphatic carbocycles. The predicted molar refractivity (Wildman–Crippen MR) is 107 cm³/mol. The molecule has 0 aromatic heterocycles. The first-order valence-corrected chi connectivity index (χ1v) is 10.1. The van der Waals surface area contributed by atoms with Gasteiger partial charge in [-0.25, -0.2) is 0 Å². The highest BCUT2D eigenvalue weighted by atomic mass is 16.2. The number of likely N-dealkylation sites (tertiary alicyclic amines) is 1. The van der Waals surface area contributed by atoms with E-state index in [0.717, 1.165) is 38.3 Å². The van der Waals surface area contributed by atoms with Gasteiger partial charge in [-0.2, -0.15) is 5.26 Å². The zero-order chi connectivity index (χ0) is 19.2. The summed E-state index contributed by atoms with van der Waals surface area (Å²) in [5.74, 6) is 0.143. The topological polar surface area (TPSA) is 71.4 Å². The first-order valence-electron chi connectivity index (χ1n) is 10.1. The normalized spacial score (nSPS) is 22.6. The van der Waals surface area contributed by atoms with Gasteiger partial charge in [0.25, 0.3) is 0 Å². The van der Waals surface area contributed by atoms with Crippen LogP contribution in [0.5, 0.6) is 0 Å². The van der Waals surface area contributed by atoms with Crippen molar-refractivity contribution >= 4 is 11.6 Å². The number of carbonyl (C=O) groups is 1. The van der Waals surface area contributed by atoms with Gasteiger partial charge in [-0.1, -0.05) is 0 Å². The lowest BCUT2D eigenvalue weighted by Gasteiger charge is -2.41. The molecule has 2 unspecified atom stereocenters. The summed E-state index contributed by atoms with van der Waals surface area (Å²) in [4.78, 5) is 17.0. The minimum atomic E-state index is 0.143. The Labute approximate surface area is 162 Å². The van der Waals surface area contributed by atoms with Gasteiger partial charge >= 0.3 is 0 Å². The van der Waals surface area contributed by atoms with Gasteiger partial charge in [0, 0.05) is 50.0 Å². The van der Waals surface area contributed by atoms with Gasteiger partial charge in [-0.3, -0.25) is 14.6 Å². The Morgan fingerprint density at radius 1 is 1.22 bits per heavy atom. The van der Waals surface area contributed by atoms with Crippen LogP contribution in [0.15, 0.2) is 24.3 Å². The van der Waals surface area contributed by atoms with E-state index < -0.39 is 0 Å². The summed E-state index contributed by atoms with van der Waals surface area (Å²) >= 11 is 0. The number of anilines is 1. The Hall–Kier alpha value is -2.10. The largest absolute Gasteiger partial charge is 0.385 e. The van der Waals surface area contributed by atoms with Crippen LogP contribution in [0.25, 0.3) is 0 Å². The number of benzene rings is 1. The Balaban J connectivity index is 1.39.